The summed E-state index contributed by atoms with van der Waals surface area (Å²) in [4.78, 5) is 25.9. The Morgan fingerprint density at radius 1 is 1.19 bits per heavy atom. The highest BCUT2D eigenvalue weighted by atomic mass is 19.3. The van der Waals surface area contributed by atoms with Gasteiger partial charge in [0, 0.05) is 25.6 Å². The van der Waals surface area contributed by atoms with Crippen molar-refractivity contribution in [3.8, 4) is 5.75 Å². The van der Waals surface area contributed by atoms with Crippen LogP contribution in [0.15, 0.2) is 30.3 Å². The number of piperidine rings is 1. The van der Waals surface area contributed by atoms with Crippen molar-refractivity contribution in [2.75, 3.05) is 32.8 Å². The van der Waals surface area contributed by atoms with E-state index in [1.807, 2.05) is 18.2 Å². The van der Waals surface area contributed by atoms with Gasteiger partial charge in [0.25, 0.3) is 5.91 Å². The van der Waals surface area contributed by atoms with Crippen LogP contribution in [-0.4, -0.2) is 56.2 Å². The highest BCUT2D eigenvalue weighted by Crippen LogP contribution is 2.18. The molecule has 2 rings (SSSR count). The number of carbonyl (C=O) groups excluding carboxylic acids is 2. The van der Waals surface area contributed by atoms with Crippen molar-refractivity contribution in [2.45, 2.75) is 25.9 Å². The van der Waals surface area contributed by atoms with E-state index in [0.717, 1.165) is 0 Å². The Morgan fingerprint density at radius 3 is 2.54 bits per heavy atom. The van der Waals surface area contributed by atoms with E-state index in [2.05, 4.69) is 10.1 Å². The zero-order chi connectivity index (χ0) is 18.8. The smallest absolute Gasteiger partial charge is 0.345 e. The summed E-state index contributed by atoms with van der Waals surface area (Å²) in [6, 6.07) is 9.12. The SMILES string of the molecule is O=C(NCCCOC(F)F)C1CCN(C(=O)COc2ccccc2)CC1. The van der Waals surface area contributed by atoms with Crippen LogP contribution >= 0.6 is 0 Å². The van der Waals surface area contributed by atoms with Gasteiger partial charge in [-0.1, -0.05) is 18.2 Å². The lowest BCUT2D eigenvalue weighted by atomic mass is 9.96. The summed E-state index contributed by atoms with van der Waals surface area (Å²) in [7, 11) is 0. The number of alkyl halides is 2. The first kappa shape index (κ1) is 20.1. The van der Waals surface area contributed by atoms with Gasteiger partial charge >= 0.3 is 6.61 Å². The van der Waals surface area contributed by atoms with Gasteiger partial charge in [0.2, 0.25) is 5.91 Å². The minimum atomic E-state index is -2.78. The van der Waals surface area contributed by atoms with Crippen molar-refractivity contribution >= 4 is 11.8 Å². The number of rotatable bonds is 9. The number of ether oxygens (including phenoxy) is 2. The molecule has 0 atom stereocenters. The van der Waals surface area contributed by atoms with E-state index >= 15 is 0 Å². The second kappa shape index (κ2) is 10.7. The molecule has 1 aromatic rings. The number of likely N-dealkylation sites (tertiary alicyclic amines) is 1. The molecule has 1 saturated heterocycles. The lowest BCUT2D eigenvalue weighted by molar-refractivity contribution is -0.137. The molecule has 0 bridgehead atoms. The van der Waals surface area contributed by atoms with Crippen LogP contribution in [0.25, 0.3) is 0 Å². The molecule has 0 radical (unpaired) electrons. The summed E-state index contributed by atoms with van der Waals surface area (Å²) in [5.41, 5.74) is 0. The molecular weight excluding hydrogens is 346 g/mol. The first-order valence-electron chi connectivity index (χ1n) is 8.69. The molecular formula is C18H24F2N2O4. The van der Waals surface area contributed by atoms with Crippen molar-refractivity contribution < 1.29 is 27.8 Å². The number of halogens is 2. The van der Waals surface area contributed by atoms with Crippen LogP contribution in [0, 0.1) is 5.92 Å². The zero-order valence-electron chi connectivity index (χ0n) is 14.5. The fraction of sp³-hybridized carbons (Fsp3) is 0.556. The van der Waals surface area contributed by atoms with Gasteiger partial charge in [-0.15, -0.1) is 0 Å². The molecule has 1 aliphatic heterocycles. The third kappa shape index (κ3) is 6.95. The molecule has 1 heterocycles. The van der Waals surface area contributed by atoms with E-state index in [0.29, 0.717) is 44.6 Å². The number of hydrogen-bond donors (Lipinski definition) is 1. The maximum Gasteiger partial charge on any atom is 0.345 e. The third-order valence-corrected chi connectivity index (χ3v) is 4.19. The number of nitrogens with one attached hydrogen (secondary N) is 1. The van der Waals surface area contributed by atoms with Gasteiger partial charge in [0.1, 0.15) is 5.75 Å². The normalized spacial score (nSPS) is 15.1. The molecule has 6 nitrogen and oxygen atoms in total. The minimum absolute atomic E-state index is 0.0228. The van der Waals surface area contributed by atoms with Crippen LogP contribution in [0.2, 0.25) is 0 Å². The van der Waals surface area contributed by atoms with Crippen molar-refractivity contribution in [3.05, 3.63) is 30.3 Å². The van der Waals surface area contributed by atoms with Crippen LogP contribution in [-0.2, 0) is 14.3 Å². The molecule has 0 saturated carbocycles. The quantitative estimate of drug-likeness (QED) is 0.676. The second-order valence-corrected chi connectivity index (χ2v) is 6.03. The van der Waals surface area contributed by atoms with Crippen molar-refractivity contribution in [1.29, 1.82) is 0 Å². The summed E-state index contributed by atoms with van der Waals surface area (Å²) >= 11 is 0. The molecule has 1 aliphatic rings. The van der Waals surface area contributed by atoms with E-state index in [1.54, 1.807) is 17.0 Å². The average molecular weight is 370 g/mol. The van der Waals surface area contributed by atoms with E-state index in [1.165, 1.54) is 0 Å². The Kier molecular flexibility index (Phi) is 8.27. The molecule has 144 valence electrons. The predicted molar refractivity (Wildman–Crippen MR) is 90.8 cm³/mol. The van der Waals surface area contributed by atoms with Gasteiger partial charge < -0.3 is 19.7 Å². The molecule has 0 aromatic heterocycles. The molecule has 1 fully saturated rings. The number of para-hydroxylation sites is 1. The van der Waals surface area contributed by atoms with Gasteiger partial charge in [0.15, 0.2) is 6.61 Å². The lowest BCUT2D eigenvalue weighted by Crippen LogP contribution is -2.44. The summed E-state index contributed by atoms with van der Waals surface area (Å²) < 4.78 is 33.2. The van der Waals surface area contributed by atoms with Crippen LogP contribution < -0.4 is 10.1 Å². The molecule has 2 amide bonds. The standard InChI is InChI=1S/C18H24F2N2O4/c19-18(20)25-12-4-9-21-17(24)14-7-10-22(11-8-14)16(23)13-26-15-5-2-1-3-6-15/h1-3,5-6,14,18H,4,7-13H2,(H,21,24). The first-order chi connectivity index (χ1) is 12.6. The fourth-order valence-corrected chi connectivity index (χ4v) is 2.74. The van der Waals surface area contributed by atoms with Crippen LogP contribution in [0.1, 0.15) is 19.3 Å². The van der Waals surface area contributed by atoms with Crippen molar-refractivity contribution in [3.63, 3.8) is 0 Å². The third-order valence-electron chi connectivity index (χ3n) is 4.19. The summed E-state index contributed by atoms with van der Waals surface area (Å²) in [6.07, 6.45) is 1.50. The maximum atomic E-state index is 12.2. The molecule has 0 spiro atoms. The number of benzene rings is 1. The Morgan fingerprint density at radius 2 is 1.88 bits per heavy atom. The summed E-state index contributed by atoms with van der Waals surface area (Å²) in [5, 5.41) is 2.72. The monoisotopic (exact) mass is 370 g/mol. The van der Waals surface area contributed by atoms with Crippen molar-refractivity contribution in [2.24, 2.45) is 5.92 Å². The van der Waals surface area contributed by atoms with Gasteiger partial charge in [-0.3, -0.25) is 9.59 Å². The number of carbonyl (C=O) groups is 2. The highest BCUT2D eigenvalue weighted by molar-refractivity contribution is 5.80. The van der Waals surface area contributed by atoms with Crippen LogP contribution in [0.3, 0.4) is 0 Å². The Bertz CT molecular complexity index is 564. The predicted octanol–water partition coefficient (Wildman–Crippen LogP) is 2.05. The Hall–Kier alpha value is -2.22. The molecule has 1 aromatic carbocycles. The number of nitrogens with zero attached hydrogens (tertiary/aromatic N) is 1. The number of amides is 2. The average Bonchev–Trinajstić information content (AvgIpc) is 2.66. The van der Waals surface area contributed by atoms with Crippen LogP contribution in [0.4, 0.5) is 8.78 Å². The van der Waals surface area contributed by atoms with E-state index in [9.17, 15) is 18.4 Å². The van der Waals surface area contributed by atoms with Gasteiger partial charge in [-0.25, -0.2) is 0 Å². The minimum Gasteiger partial charge on any atom is -0.484 e. The van der Waals surface area contributed by atoms with E-state index in [4.69, 9.17) is 4.74 Å². The molecule has 0 unspecified atom stereocenters. The van der Waals surface area contributed by atoms with Gasteiger partial charge in [-0.05, 0) is 31.4 Å². The Balaban J connectivity index is 1.61. The molecule has 26 heavy (non-hydrogen) atoms. The largest absolute Gasteiger partial charge is 0.484 e. The highest BCUT2D eigenvalue weighted by Gasteiger charge is 2.27. The number of hydrogen-bond acceptors (Lipinski definition) is 4. The van der Waals surface area contributed by atoms with Crippen LogP contribution in [0.5, 0.6) is 5.75 Å². The fourth-order valence-electron chi connectivity index (χ4n) is 2.74. The topological polar surface area (TPSA) is 67.9 Å². The summed E-state index contributed by atoms with van der Waals surface area (Å²) in [5.74, 6) is 0.280. The Labute approximate surface area is 151 Å². The molecule has 8 heteroatoms. The zero-order valence-corrected chi connectivity index (χ0v) is 14.5. The first-order valence-corrected chi connectivity index (χ1v) is 8.69. The summed E-state index contributed by atoms with van der Waals surface area (Å²) in [6.45, 7) is -1.58. The molecule has 1 N–H and O–H groups in total. The molecule has 0 aliphatic carbocycles. The van der Waals surface area contributed by atoms with E-state index in [-0.39, 0.29) is 30.9 Å². The maximum absolute atomic E-state index is 12.2. The van der Waals surface area contributed by atoms with E-state index < -0.39 is 6.61 Å². The van der Waals surface area contributed by atoms with Crippen molar-refractivity contribution in [1.82, 2.24) is 10.2 Å². The van der Waals surface area contributed by atoms with Gasteiger partial charge in [0.05, 0.1) is 6.61 Å². The second-order valence-electron chi connectivity index (χ2n) is 6.03. The lowest BCUT2D eigenvalue weighted by Gasteiger charge is -2.31. The van der Waals surface area contributed by atoms with Gasteiger partial charge in [-0.2, -0.15) is 8.78 Å².